The smallest absolute Gasteiger partial charge is 0.342 e. The van der Waals surface area contributed by atoms with Crippen LogP contribution in [-0.2, 0) is 9.53 Å². The summed E-state index contributed by atoms with van der Waals surface area (Å²) < 4.78 is 15.6. The number of methoxy groups -OCH3 is 2. The third kappa shape index (κ3) is 5.01. The van der Waals surface area contributed by atoms with E-state index < -0.39 is 18.5 Å². The fourth-order valence-corrected chi connectivity index (χ4v) is 2.62. The van der Waals surface area contributed by atoms with Crippen LogP contribution in [0.1, 0.15) is 22.3 Å². The normalized spacial score (nSPS) is 9.93. The number of nitrogens with zero attached hydrogens (tertiary/aromatic N) is 2. The molecule has 0 bridgehead atoms. The molecular formula is C21H22N2O5. The number of aryl methyl sites for hydroxylation is 1. The Labute approximate surface area is 164 Å². The second kappa shape index (κ2) is 9.97. The molecule has 1 amide bonds. The molecule has 28 heavy (non-hydrogen) atoms. The van der Waals surface area contributed by atoms with E-state index in [0.717, 1.165) is 5.56 Å². The molecule has 0 aliphatic heterocycles. The van der Waals surface area contributed by atoms with Gasteiger partial charge in [0.2, 0.25) is 0 Å². The van der Waals surface area contributed by atoms with Crippen LogP contribution in [0.25, 0.3) is 0 Å². The lowest BCUT2D eigenvalue weighted by molar-refractivity contribution is -0.121. The molecule has 0 unspecified atom stereocenters. The van der Waals surface area contributed by atoms with Crippen LogP contribution < -0.4 is 14.4 Å². The molecule has 2 aromatic carbocycles. The molecular weight excluding hydrogens is 360 g/mol. The molecule has 0 atom stereocenters. The first-order valence-corrected chi connectivity index (χ1v) is 8.64. The third-order valence-electron chi connectivity index (χ3n) is 4.04. The highest BCUT2D eigenvalue weighted by Crippen LogP contribution is 2.31. The first-order valence-electron chi connectivity index (χ1n) is 8.64. The van der Waals surface area contributed by atoms with Crippen molar-refractivity contribution in [3.8, 4) is 17.6 Å². The Balaban J connectivity index is 2.13. The average molecular weight is 382 g/mol. The van der Waals surface area contributed by atoms with Crippen molar-refractivity contribution in [3.05, 3.63) is 53.6 Å². The highest BCUT2D eigenvalue weighted by molar-refractivity contribution is 5.98. The first kappa shape index (κ1) is 20.8. The number of nitriles is 1. The highest BCUT2D eigenvalue weighted by Gasteiger charge is 2.21. The summed E-state index contributed by atoms with van der Waals surface area (Å²) in [5, 5.41) is 8.86. The minimum absolute atomic E-state index is 0.161. The Kier molecular flexibility index (Phi) is 7.40. The highest BCUT2D eigenvalue weighted by atomic mass is 16.5. The zero-order chi connectivity index (χ0) is 20.5. The van der Waals surface area contributed by atoms with Gasteiger partial charge >= 0.3 is 5.97 Å². The van der Waals surface area contributed by atoms with Crippen LogP contribution in [0, 0.1) is 18.3 Å². The summed E-state index contributed by atoms with van der Waals surface area (Å²) in [7, 11) is 2.88. The van der Waals surface area contributed by atoms with Crippen molar-refractivity contribution in [2.75, 3.05) is 32.3 Å². The maximum atomic E-state index is 12.6. The summed E-state index contributed by atoms with van der Waals surface area (Å²) in [6.45, 7) is 1.69. The molecule has 0 saturated heterocycles. The van der Waals surface area contributed by atoms with E-state index >= 15 is 0 Å². The van der Waals surface area contributed by atoms with Gasteiger partial charge in [0.15, 0.2) is 18.1 Å². The summed E-state index contributed by atoms with van der Waals surface area (Å²) in [6.07, 6.45) is 0.164. The number of para-hydroxylation sites is 1. The Hall–Kier alpha value is -3.53. The van der Waals surface area contributed by atoms with Crippen molar-refractivity contribution in [1.29, 1.82) is 5.26 Å². The first-order chi connectivity index (χ1) is 13.5. The van der Waals surface area contributed by atoms with Gasteiger partial charge in [0.25, 0.3) is 5.91 Å². The number of esters is 1. The largest absolute Gasteiger partial charge is 0.493 e. The fraction of sp³-hybridized carbons (Fsp3) is 0.286. The summed E-state index contributed by atoms with van der Waals surface area (Å²) >= 11 is 0. The Morgan fingerprint density at radius 3 is 2.39 bits per heavy atom. The van der Waals surface area contributed by atoms with Crippen molar-refractivity contribution in [2.45, 2.75) is 13.3 Å². The summed E-state index contributed by atoms with van der Waals surface area (Å²) in [6, 6.07) is 14.2. The SMILES string of the molecule is COc1cccc(C(=O)OCC(=O)N(CCC#N)c2ccc(C)cc2)c1OC. The predicted molar refractivity (Wildman–Crippen MR) is 104 cm³/mol. The number of anilines is 1. The summed E-state index contributed by atoms with van der Waals surface area (Å²) in [5.41, 5.74) is 1.85. The Morgan fingerprint density at radius 1 is 1.07 bits per heavy atom. The lowest BCUT2D eigenvalue weighted by Gasteiger charge is -2.22. The number of carbonyl (C=O) groups excluding carboxylic acids is 2. The van der Waals surface area contributed by atoms with Gasteiger partial charge in [-0.1, -0.05) is 23.8 Å². The molecule has 0 heterocycles. The van der Waals surface area contributed by atoms with E-state index in [-0.39, 0.29) is 24.3 Å². The third-order valence-corrected chi connectivity index (χ3v) is 4.04. The lowest BCUT2D eigenvalue weighted by atomic mass is 10.2. The molecule has 146 valence electrons. The second-order valence-electron chi connectivity index (χ2n) is 5.91. The van der Waals surface area contributed by atoms with E-state index in [1.807, 2.05) is 25.1 Å². The quantitative estimate of drug-likeness (QED) is 0.652. The van der Waals surface area contributed by atoms with Gasteiger partial charge < -0.3 is 19.1 Å². The van der Waals surface area contributed by atoms with Gasteiger partial charge in [-0.2, -0.15) is 5.26 Å². The topological polar surface area (TPSA) is 88.9 Å². The molecule has 0 fully saturated rings. The molecule has 0 aromatic heterocycles. The van der Waals surface area contributed by atoms with Gasteiger partial charge in [0.1, 0.15) is 5.56 Å². The number of ether oxygens (including phenoxy) is 3. The molecule has 0 saturated carbocycles. The Bertz CT molecular complexity index is 871. The monoisotopic (exact) mass is 382 g/mol. The van der Waals surface area contributed by atoms with Crippen molar-refractivity contribution < 1.29 is 23.8 Å². The van der Waals surface area contributed by atoms with Crippen LogP contribution in [0.5, 0.6) is 11.5 Å². The molecule has 7 nitrogen and oxygen atoms in total. The van der Waals surface area contributed by atoms with Crippen LogP contribution in [0.4, 0.5) is 5.69 Å². The van der Waals surface area contributed by atoms with E-state index in [1.165, 1.54) is 25.2 Å². The van der Waals surface area contributed by atoms with E-state index in [0.29, 0.717) is 11.4 Å². The maximum Gasteiger partial charge on any atom is 0.342 e. The van der Waals surface area contributed by atoms with Crippen LogP contribution in [0.3, 0.4) is 0 Å². The predicted octanol–water partition coefficient (Wildman–Crippen LogP) is 3.12. The van der Waals surface area contributed by atoms with Crippen molar-refractivity contribution in [2.24, 2.45) is 0 Å². The van der Waals surface area contributed by atoms with Gasteiger partial charge in [-0.05, 0) is 31.2 Å². The van der Waals surface area contributed by atoms with Crippen LogP contribution in [0.15, 0.2) is 42.5 Å². The number of benzene rings is 2. The van der Waals surface area contributed by atoms with Gasteiger partial charge in [-0.3, -0.25) is 4.79 Å². The fourth-order valence-electron chi connectivity index (χ4n) is 2.62. The van der Waals surface area contributed by atoms with Crippen molar-refractivity contribution >= 4 is 17.6 Å². The molecule has 2 aromatic rings. The van der Waals surface area contributed by atoms with E-state index in [2.05, 4.69) is 0 Å². The number of amides is 1. The molecule has 0 N–H and O–H groups in total. The number of hydrogen-bond donors (Lipinski definition) is 0. The molecule has 0 aliphatic carbocycles. The summed E-state index contributed by atoms with van der Waals surface area (Å²) in [5.74, 6) is -0.497. The molecule has 2 rings (SSSR count). The summed E-state index contributed by atoms with van der Waals surface area (Å²) in [4.78, 5) is 26.5. The van der Waals surface area contributed by atoms with Gasteiger partial charge in [-0.15, -0.1) is 0 Å². The van der Waals surface area contributed by atoms with E-state index in [4.69, 9.17) is 19.5 Å². The van der Waals surface area contributed by atoms with Gasteiger partial charge in [0, 0.05) is 12.2 Å². The molecule has 7 heteroatoms. The minimum Gasteiger partial charge on any atom is -0.493 e. The van der Waals surface area contributed by atoms with E-state index in [9.17, 15) is 9.59 Å². The standard InChI is InChI=1S/C21H22N2O5/c1-15-8-10-16(11-9-15)23(13-5-12-22)19(24)14-28-21(25)17-6-4-7-18(26-2)20(17)27-3/h4,6-11H,5,13-14H2,1-3H3. The minimum atomic E-state index is -0.701. The van der Waals surface area contributed by atoms with Gasteiger partial charge in [-0.25, -0.2) is 4.79 Å². The van der Waals surface area contributed by atoms with E-state index in [1.54, 1.807) is 24.3 Å². The van der Waals surface area contributed by atoms with Crippen molar-refractivity contribution in [3.63, 3.8) is 0 Å². The zero-order valence-corrected chi connectivity index (χ0v) is 16.1. The molecule has 0 spiro atoms. The van der Waals surface area contributed by atoms with Crippen LogP contribution in [0.2, 0.25) is 0 Å². The zero-order valence-electron chi connectivity index (χ0n) is 16.1. The van der Waals surface area contributed by atoms with Crippen LogP contribution in [-0.4, -0.2) is 39.2 Å². The number of hydrogen-bond acceptors (Lipinski definition) is 6. The number of carbonyl (C=O) groups is 2. The molecule has 0 aliphatic rings. The van der Waals surface area contributed by atoms with Crippen LogP contribution >= 0.6 is 0 Å². The van der Waals surface area contributed by atoms with Gasteiger partial charge in [0.05, 0.1) is 26.7 Å². The average Bonchev–Trinajstić information content (AvgIpc) is 2.72. The second-order valence-corrected chi connectivity index (χ2v) is 5.91. The lowest BCUT2D eigenvalue weighted by Crippen LogP contribution is -2.35. The Morgan fingerprint density at radius 2 is 1.79 bits per heavy atom. The maximum absolute atomic E-state index is 12.6. The number of rotatable bonds is 8. The molecule has 0 radical (unpaired) electrons. The van der Waals surface area contributed by atoms with Crippen molar-refractivity contribution in [1.82, 2.24) is 0 Å².